The standard InChI is InChI=1S/C13H20N2O3/c1-3-13(8-14,12(16)17)7-9-6-10(15)4-5-11(9)18-2/h4-6H,3,7-8,14-15H2,1-2H3,(H,16,17). The molecule has 1 aromatic carbocycles. The Hall–Kier alpha value is -1.75. The SMILES string of the molecule is CCC(CN)(Cc1cc(N)ccc1OC)C(=O)O. The highest BCUT2D eigenvalue weighted by Gasteiger charge is 2.36. The van der Waals surface area contributed by atoms with E-state index in [-0.39, 0.29) is 6.54 Å². The predicted octanol–water partition coefficient (Wildman–Crippen LogP) is 1.26. The number of anilines is 1. The maximum atomic E-state index is 11.4. The number of rotatable bonds is 6. The minimum Gasteiger partial charge on any atom is -0.496 e. The number of hydrogen-bond donors (Lipinski definition) is 3. The van der Waals surface area contributed by atoms with Crippen molar-refractivity contribution >= 4 is 11.7 Å². The maximum absolute atomic E-state index is 11.4. The first-order valence-corrected chi connectivity index (χ1v) is 5.85. The number of carboxylic acids is 1. The Morgan fingerprint density at radius 2 is 2.17 bits per heavy atom. The second kappa shape index (κ2) is 5.73. The highest BCUT2D eigenvalue weighted by atomic mass is 16.5. The normalized spacial score (nSPS) is 13.9. The van der Waals surface area contributed by atoms with Crippen LogP contribution in [0.2, 0.25) is 0 Å². The molecule has 1 rings (SSSR count). The second-order valence-corrected chi connectivity index (χ2v) is 4.39. The molecule has 0 aromatic heterocycles. The molecule has 0 aliphatic rings. The molecule has 5 N–H and O–H groups in total. The molecule has 1 aromatic rings. The highest BCUT2D eigenvalue weighted by molar-refractivity contribution is 5.75. The van der Waals surface area contributed by atoms with Crippen molar-refractivity contribution in [3.63, 3.8) is 0 Å². The van der Waals surface area contributed by atoms with Gasteiger partial charge in [-0.1, -0.05) is 6.92 Å². The van der Waals surface area contributed by atoms with E-state index in [0.29, 0.717) is 24.3 Å². The Morgan fingerprint density at radius 1 is 1.50 bits per heavy atom. The van der Waals surface area contributed by atoms with Gasteiger partial charge in [0.2, 0.25) is 0 Å². The summed E-state index contributed by atoms with van der Waals surface area (Å²) in [5.74, 6) is -0.256. The van der Waals surface area contributed by atoms with Crippen molar-refractivity contribution in [2.45, 2.75) is 19.8 Å². The van der Waals surface area contributed by atoms with Gasteiger partial charge in [-0.3, -0.25) is 4.79 Å². The molecule has 1 atom stereocenters. The number of hydrogen-bond acceptors (Lipinski definition) is 4. The first-order valence-electron chi connectivity index (χ1n) is 5.85. The van der Waals surface area contributed by atoms with Gasteiger partial charge in [0.05, 0.1) is 12.5 Å². The van der Waals surface area contributed by atoms with Crippen molar-refractivity contribution in [2.24, 2.45) is 11.1 Å². The number of nitrogens with two attached hydrogens (primary N) is 2. The van der Waals surface area contributed by atoms with E-state index in [1.54, 1.807) is 25.3 Å². The van der Waals surface area contributed by atoms with Gasteiger partial charge in [0.1, 0.15) is 5.75 Å². The fourth-order valence-corrected chi connectivity index (χ4v) is 1.96. The summed E-state index contributed by atoms with van der Waals surface area (Å²) in [5.41, 5.74) is 11.8. The van der Waals surface area contributed by atoms with E-state index < -0.39 is 11.4 Å². The minimum atomic E-state index is -0.971. The van der Waals surface area contributed by atoms with Crippen LogP contribution in [-0.2, 0) is 11.2 Å². The van der Waals surface area contributed by atoms with Gasteiger partial charge in [-0.25, -0.2) is 0 Å². The van der Waals surface area contributed by atoms with Gasteiger partial charge in [-0.15, -0.1) is 0 Å². The van der Waals surface area contributed by atoms with Crippen LogP contribution in [0.25, 0.3) is 0 Å². The van der Waals surface area contributed by atoms with Crippen molar-refractivity contribution in [3.05, 3.63) is 23.8 Å². The molecule has 0 saturated carbocycles. The van der Waals surface area contributed by atoms with Crippen LogP contribution >= 0.6 is 0 Å². The van der Waals surface area contributed by atoms with Gasteiger partial charge in [0.25, 0.3) is 0 Å². The van der Waals surface area contributed by atoms with E-state index in [0.717, 1.165) is 5.56 Å². The quantitative estimate of drug-likeness (QED) is 0.662. The van der Waals surface area contributed by atoms with Crippen LogP contribution in [0.3, 0.4) is 0 Å². The molecule has 5 heteroatoms. The van der Waals surface area contributed by atoms with Gasteiger partial charge in [-0.2, -0.15) is 0 Å². The summed E-state index contributed by atoms with van der Waals surface area (Å²) in [6.07, 6.45) is 0.764. The zero-order valence-electron chi connectivity index (χ0n) is 10.8. The Balaban J connectivity index is 3.15. The van der Waals surface area contributed by atoms with Crippen LogP contribution in [0, 0.1) is 5.41 Å². The third kappa shape index (κ3) is 2.73. The summed E-state index contributed by atoms with van der Waals surface area (Å²) >= 11 is 0. The van der Waals surface area contributed by atoms with E-state index in [4.69, 9.17) is 16.2 Å². The molecule has 5 nitrogen and oxygen atoms in total. The fourth-order valence-electron chi connectivity index (χ4n) is 1.96. The Kier molecular flexibility index (Phi) is 4.55. The van der Waals surface area contributed by atoms with Crippen LogP contribution < -0.4 is 16.2 Å². The van der Waals surface area contributed by atoms with Gasteiger partial charge in [-0.05, 0) is 36.6 Å². The average Bonchev–Trinajstić information content (AvgIpc) is 2.36. The lowest BCUT2D eigenvalue weighted by molar-refractivity contribution is -0.148. The molecule has 0 spiro atoms. The Labute approximate surface area is 107 Å². The molecule has 18 heavy (non-hydrogen) atoms. The number of methoxy groups -OCH3 is 1. The lowest BCUT2D eigenvalue weighted by Crippen LogP contribution is -2.40. The largest absolute Gasteiger partial charge is 0.496 e. The van der Waals surface area contributed by atoms with Crippen molar-refractivity contribution in [3.8, 4) is 5.75 Å². The van der Waals surface area contributed by atoms with Crippen molar-refractivity contribution in [2.75, 3.05) is 19.4 Å². The topological polar surface area (TPSA) is 98.6 Å². The number of carbonyl (C=O) groups is 1. The van der Waals surface area contributed by atoms with E-state index in [1.807, 2.05) is 6.92 Å². The molecule has 1 unspecified atom stereocenters. The van der Waals surface area contributed by atoms with Crippen molar-refractivity contribution in [1.82, 2.24) is 0 Å². The third-order valence-corrected chi connectivity index (χ3v) is 3.35. The van der Waals surface area contributed by atoms with Crippen LogP contribution in [0.15, 0.2) is 18.2 Å². The number of benzene rings is 1. The first kappa shape index (κ1) is 14.3. The van der Waals surface area contributed by atoms with E-state index >= 15 is 0 Å². The van der Waals surface area contributed by atoms with Crippen LogP contribution in [-0.4, -0.2) is 24.7 Å². The first-order chi connectivity index (χ1) is 8.49. The van der Waals surface area contributed by atoms with Gasteiger partial charge >= 0.3 is 5.97 Å². The molecular formula is C13H20N2O3. The van der Waals surface area contributed by atoms with Gasteiger partial charge in [0, 0.05) is 12.2 Å². The number of aliphatic carboxylic acids is 1. The fraction of sp³-hybridized carbons (Fsp3) is 0.462. The lowest BCUT2D eigenvalue weighted by Gasteiger charge is -2.27. The number of carboxylic acid groups (broad SMARTS) is 1. The number of ether oxygens (including phenoxy) is 1. The summed E-state index contributed by atoms with van der Waals surface area (Å²) in [4.78, 5) is 11.4. The molecule has 0 heterocycles. The number of nitrogen functional groups attached to an aromatic ring is 1. The summed E-state index contributed by atoms with van der Waals surface area (Å²) < 4.78 is 5.23. The van der Waals surface area contributed by atoms with Crippen LogP contribution in [0.1, 0.15) is 18.9 Å². The summed E-state index contributed by atoms with van der Waals surface area (Å²) in [6.45, 7) is 1.90. The molecule has 0 aliphatic carbocycles. The summed E-state index contributed by atoms with van der Waals surface area (Å²) in [6, 6.07) is 5.20. The van der Waals surface area contributed by atoms with Crippen molar-refractivity contribution < 1.29 is 14.6 Å². The molecule has 0 bridgehead atoms. The molecule has 0 amide bonds. The lowest BCUT2D eigenvalue weighted by atomic mass is 9.79. The van der Waals surface area contributed by atoms with Crippen LogP contribution in [0.5, 0.6) is 5.75 Å². The maximum Gasteiger partial charge on any atom is 0.311 e. The smallest absolute Gasteiger partial charge is 0.311 e. The van der Waals surface area contributed by atoms with Crippen molar-refractivity contribution in [1.29, 1.82) is 0 Å². The molecule has 0 radical (unpaired) electrons. The third-order valence-electron chi connectivity index (χ3n) is 3.35. The zero-order chi connectivity index (χ0) is 13.8. The predicted molar refractivity (Wildman–Crippen MR) is 70.5 cm³/mol. The molecule has 0 aliphatic heterocycles. The zero-order valence-corrected chi connectivity index (χ0v) is 10.8. The van der Waals surface area contributed by atoms with Gasteiger partial charge in [0.15, 0.2) is 0 Å². The Morgan fingerprint density at radius 3 is 2.61 bits per heavy atom. The summed E-state index contributed by atoms with van der Waals surface area (Å²) in [5, 5.41) is 9.37. The second-order valence-electron chi connectivity index (χ2n) is 4.39. The van der Waals surface area contributed by atoms with Crippen LogP contribution in [0.4, 0.5) is 5.69 Å². The molecule has 100 valence electrons. The molecule has 0 saturated heterocycles. The highest BCUT2D eigenvalue weighted by Crippen LogP contribution is 2.32. The average molecular weight is 252 g/mol. The van der Waals surface area contributed by atoms with E-state index in [9.17, 15) is 9.90 Å². The molecular weight excluding hydrogens is 232 g/mol. The monoisotopic (exact) mass is 252 g/mol. The minimum absolute atomic E-state index is 0.0801. The molecule has 0 fully saturated rings. The van der Waals surface area contributed by atoms with Gasteiger partial charge < -0.3 is 21.3 Å². The summed E-state index contributed by atoms with van der Waals surface area (Å²) in [7, 11) is 1.55. The van der Waals surface area contributed by atoms with E-state index in [1.165, 1.54) is 0 Å². The Bertz CT molecular complexity index is 428. The van der Waals surface area contributed by atoms with E-state index in [2.05, 4.69) is 0 Å².